The standard InChI is InChI=1S/C14H20FNO/c1-10-5-6-12(15)7-11(10)9-16-13-3-2-4-14(17)8-13/h5-7,13-14,16-17H,2-4,8-9H2,1H3. The smallest absolute Gasteiger partial charge is 0.123 e. The summed E-state index contributed by atoms with van der Waals surface area (Å²) in [5.41, 5.74) is 2.11. The van der Waals surface area contributed by atoms with Crippen LogP contribution in [0.5, 0.6) is 0 Å². The summed E-state index contributed by atoms with van der Waals surface area (Å²) in [6, 6.07) is 5.24. The second kappa shape index (κ2) is 5.61. The third kappa shape index (κ3) is 3.51. The minimum atomic E-state index is -0.184. The molecule has 0 aliphatic heterocycles. The Labute approximate surface area is 102 Å². The van der Waals surface area contributed by atoms with Gasteiger partial charge >= 0.3 is 0 Å². The summed E-state index contributed by atoms with van der Waals surface area (Å²) in [6.07, 6.45) is 3.73. The first-order chi connectivity index (χ1) is 8.15. The number of nitrogens with one attached hydrogen (secondary N) is 1. The second-order valence-corrected chi connectivity index (χ2v) is 4.97. The van der Waals surface area contributed by atoms with E-state index in [1.807, 2.05) is 13.0 Å². The van der Waals surface area contributed by atoms with Gasteiger partial charge in [-0.1, -0.05) is 6.07 Å². The van der Waals surface area contributed by atoms with Crippen LogP contribution < -0.4 is 5.32 Å². The maximum absolute atomic E-state index is 13.1. The highest BCUT2D eigenvalue weighted by atomic mass is 19.1. The van der Waals surface area contributed by atoms with Gasteiger partial charge in [-0.05, 0) is 55.9 Å². The van der Waals surface area contributed by atoms with E-state index >= 15 is 0 Å². The number of hydrogen-bond donors (Lipinski definition) is 2. The average Bonchev–Trinajstić information content (AvgIpc) is 2.30. The summed E-state index contributed by atoms with van der Waals surface area (Å²) in [5.74, 6) is -0.184. The van der Waals surface area contributed by atoms with Crippen LogP contribution in [0.3, 0.4) is 0 Å². The van der Waals surface area contributed by atoms with Crippen molar-refractivity contribution in [3.05, 3.63) is 35.1 Å². The van der Waals surface area contributed by atoms with E-state index in [-0.39, 0.29) is 11.9 Å². The number of aryl methyl sites for hydroxylation is 1. The van der Waals surface area contributed by atoms with Crippen LogP contribution in [0.2, 0.25) is 0 Å². The lowest BCUT2D eigenvalue weighted by Crippen LogP contribution is -2.35. The Bertz CT molecular complexity index is 380. The fourth-order valence-electron chi connectivity index (χ4n) is 2.43. The zero-order valence-corrected chi connectivity index (χ0v) is 10.2. The Morgan fingerprint density at radius 1 is 1.41 bits per heavy atom. The number of aliphatic hydroxyl groups excluding tert-OH is 1. The van der Waals surface area contributed by atoms with Crippen molar-refractivity contribution in [3.8, 4) is 0 Å². The molecule has 0 spiro atoms. The third-order valence-corrected chi connectivity index (χ3v) is 3.54. The van der Waals surface area contributed by atoms with Crippen molar-refractivity contribution in [1.82, 2.24) is 5.32 Å². The average molecular weight is 237 g/mol. The maximum atomic E-state index is 13.1. The van der Waals surface area contributed by atoms with E-state index in [2.05, 4.69) is 5.32 Å². The molecule has 1 fully saturated rings. The minimum Gasteiger partial charge on any atom is -0.393 e. The van der Waals surface area contributed by atoms with Crippen molar-refractivity contribution < 1.29 is 9.50 Å². The van der Waals surface area contributed by atoms with E-state index in [4.69, 9.17) is 0 Å². The van der Waals surface area contributed by atoms with Gasteiger partial charge in [0.2, 0.25) is 0 Å². The van der Waals surface area contributed by atoms with Gasteiger partial charge in [-0.15, -0.1) is 0 Å². The maximum Gasteiger partial charge on any atom is 0.123 e. The molecular formula is C14H20FNO. The van der Waals surface area contributed by atoms with Gasteiger partial charge < -0.3 is 10.4 Å². The fourth-order valence-corrected chi connectivity index (χ4v) is 2.43. The molecule has 1 aliphatic carbocycles. The molecular weight excluding hydrogens is 217 g/mol. The van der Waals surface area contributed by atoms with Crippen LogP contribution in [0.25, 0.3) is 0 Å². The van der Waals surface area contributed by atoms with E-state index in [1.165, 1.54) is 6.07 Å². The Kier molecular flexibility index (Phi) is 4.13. The lowest BCUT2D eigenvalue weighted by atomic mass is 9.93. The molecule has 2 unspecified atom stereocenters. The predicted octanol–water partition coefficient (Wildman–Crippen LogP) is 2.53. The van der Waals surface area contributed by atoms with E-state index in [0.29, 0.717) is 12.6 Å². The number of rotatable bonds is 3. The van der Waals surface area contributed by atoms with Crippen molar-refractivity contribution in [2.75, 3.05) is 0 Å². The molecule has 0 saturated heterocycles. The molecule has 0 bridgehead atoms. The second-order valence-electron chi connectivity index (χ2n) is 4.97. The summed E-state index contributed by atoms with van der Waals surface area (Å²) in [4.78, 5) is 0. The van der Waals surface area contributed by atoms with Crippen LogP contribution in [0.4, 0.5) is 4.39 Å². The van der Waals surface area contributed by atoms with Crippen LogP contribution in [0.15, 0.2) is 18.2 Å². The highest BCUT2D eigenvalue weighted by molar-refractivity contribution is 5.26. The van der Waals surface area contributed by atoms with Gasteiger partial charge in [0.05, 0.1) is 6.10 Å². The minimum absolute atomic E-state index is 0.171. The zero-order chi connectivity index (χ0) is 12.3. The van der Waals surface area contributed by atoms with Gasteiger partial charge in [-0.25, -0.2) is 4.39 Å². The highest BCUT2D eigenvalue weighted by Gasteiger charge is 2.19. The van der Waals surface area contributed by atoms with Crippen molar-refractivity contribution in [3.63, 3.8) is 0 Å². The van der Waals surface area contributed by atoms with Gasteiger partial charge in [0.25, 0.3) is 0 Å². The molecule has 0 aromatic heterocycles. The number of aliphatic hydroxyl groups is 1. The van der Waals surface area contributed by atoms with Gasteiger partial charge in [-0.2, -0.15) is 0 Å². The van der Waals surface area contributed by atoms with Crippen molar-refractivity contribution in [2.45, 2.75) is 51.3 Å². The molecule has 94 valence electrons. The topological polar surface area (TPSA) is 32.3 Å². The summed E-state index contributed by atoms with van der Waals surface area (Å²) < 4.78 is 13.1. The van der Waals surface area contributed by atoms with Gasteiger partial charge in [0.1, 0.15) is 5.82 Å². The van der Waals surface area contributed by atoms with Gasteiger partial charge in [0.15, 0.2) is 0 Å². The van der Waals surface area contributed by atoms with Crippen LogP contribution in [-0.2, 0) is 6.54 Å². The Morgan fingerprint density at radius 3 is 3.00 bits per heavy atom. The largest absolute Gasteiger partial charge is 0.393 e. The van der Waals surface area contributed by atoms with Crippen molar-refractivity contribution in [2.24, 2.45) is 0 Å². The molecule has 17 heavy (non-hydrogen) atoms. The van der Waals surface area contributed by atoms with Crippen LogP contribution >= 0.6 is 0 Å². The fraction of sp³-hybridized carbons (Fsp3) is 0.571. The number of hydrogen-bond acceptors (Lipinski definition) is 2. The third-order valence-electron chi connectivity index (χ3n) is 3.54. The first-order valence-electron chi connectivity index (χ1n) is 6.31. The Balaban J connectivity index is 1.90. The molecule has 1 aromatic rings. The predicted molar refractivity (Wildman–Crippen MR) is 66.2 cm³/mol. The molecule has 0 radical (unpaired) electrons. The molecule has 2 nitrogen and oxygen atoms in total. The van der Waals surface area contributed by atoms with Crippen molar-refractivity contribution in [1.29, 1.82) is 0 Å². The van der Waals surface area contributed by atoms with E-state index in [0.717, 1.165) is 36.8 Å². The monoisotopic (exact) mass is 237 g/mol. The summed E-state index contributed by atoms with van der Waals surface area (Å²) in [7, 11) is 0. The first kappa shape index (κ1) is 12.5. The molecule has 2 rings (SSSR count). The van der Waals surface area contributed by atoms with Crippen LogP contribution in [-0.4, -0.2) is 17.3 Å². The van der Waals surface area contributed by atoms with E-state index in [9.17, 15) is 9.50 Å². The normalized spacial score (nSPS) is 24.9. The molecule has 0 amide bonds. The van der Waals surface area contributed by atoms with Crippen LogP contribution in [0.1, 0.15) is 36.8 Å². The quantitative estimate of drug-likeness (QED) is 0.846. The first-order valence-corrected chi connectivity index (χ1v) is 6.31. The number of halogens is 1. The SMILES string of the molecule is Cc1ccc(F)cc1CNC1CCCC(O)C1. The zero-order valence-electron chi connectivity index (χ0n) is 10.2. The molecule has 3 heteroatoms. The molecule has 1 saturated carbocycles. The summed E-state index contributed by atoms with van der Waals surface area (Å²) in [6.45, 7) is 2.67. The van der Waals surface area contributed by atoms with Crippen LogP contribution in [0, 0.1) is 12.7 Å². The highest BCUT2D eigenvalue weighted by Crippen LogP contribution is 2.19. The van der Waals surface area contributed by atoms with Crippen molar-refractivity contribution >= 4 is 0 Å². The van der Waals surface area contributed by atoms with E-state index < -0.39 is 0 Å². The lowest BCUT2D eigenvalue weighted by molar-refractivity contribution is 0.111. The molecule has 1 aliphatic rings. The Hall–Kier alpha value is -0.930. The molecule has 2 atom stereocenters. The Morgan fingerprint density at radius 2 is 2.24 bits per heavy atom. The van der Waals surface area contributed by atoms with E-state index in [1.54, 1.807) is 6.07 Å². The number of benzene rings is 1. The summed E-state index contributed by atoms with van der Waals surface area (Å²) in [5, 5.41) is 13.0. The molecule has 2 N–H and O–H groups in total. The molecule has 0 heterocycles. The van der Waals surface area contributed by atoms with Gasteiger partial charge in [0, 0.05) is 12.6 Å². The lowest BCUT2D eigenvalue weighted by Gasteiger charge is -2.27. The van der Waals surface area contributed by atoms with Gasteiger partial charge in [-0.3, -0.25) is 0 Å². The molecule has 1 aromatic carbocycles. The summed E-state index contributed by atoms with van der Waals surface area (Å²) >= 11 is 0.